The van der Waals surface area contributed by atoms with Crippen molar-refractivity contribution in [2.24, 2.45) is 0 Å². The predicted molar refractivity (Wildman–Crippen MR) is 86.5 cm³/mol. The third-order valence-corrected chi connectivity index (χ3v) is 3.72. The van der Waals surface area contributed by atoms with Gasteiger partial charge in [0.1, 0.15) is 11.5 Å². The molecular formula is C19H13FN2. The standard InChI is InChI=1S/C19H13FN2/c20-17-12-6-4-10-15(17)19-16-11-5-7-13-18(16)22(21-19)14-8-2-1-3-9-14/h1-13H. The Hall–Kier alpha value is -2.94. The number of halogens is 1. The van der Waals surface area contributed by atoms with Gasteiger partial charge in [-0.2, -0.15) is 5.10 Å². The molecule has 0 spiro atoms. The van der Waals surface area contributed by atoms with Gasteiger partial charge in [-0.3, -0.25) is 0 Å². The summed E-state index contributed by atoms with van der Waals surface area (Å²) in [6.45, 7) is 0. The van der Waals surface area contributed by atoms with E-state index in [-0.39, 0.29) is 5.82 Å². The molecule has 1 aromatic heterocycles. The molecule has 0 fully saturated rings. The summed E-state index contributed by atoms with van der Waals surface area (Å²) in [6, 6.07) is 24.5. The van der Waals surface area contributed by atoms with Crippen LogP contribution < -0.4 is 0 Å². The highest BCUT2D eigenvalue weighted by atomic mass is 19.1. The maximum atomic E-state index is 14.2. The maximum Gasteiger partial charge on any atom is 0.132 e. The summed E-state index contributed by atoms with van der Waals surface area (Å²) in [6.07, 6.45) is 0. The van der Waals surface area contributed by atoms with Gasteiger partial charge in [0.2, 0.25) is 0 Å². The van der Waals surface area contributed by atoms with Crippen LogP contribution in [0.15, 0.2) is 78.9 Å². The molecule has 1 heterocycles. The zero-order valence-corrected chi connectivity index (χ0v) is 11.8. The van der Waals surface area contributed by atoms with Crippen LogP contribution in [0.25, 0.3) is 27.8 Å². The zero-order valence-electron chi connectivity index (χ0n) is 11.8. The minimum absolute atomic E-state index is 0.258. The molecule has 0 aliphatic heterocycles. The van der Waals surface area contributed by atoms with E-state index >= 15 is 0 Å². The number of fused-ring (bicyclic) bond motifs is 1. The van der Waals surface area contributed by atoms with Crippen molar-refractivity contribution in [3.05, 3.63) is 84.7 Å². The number of nitrogens with zero attached hydrogens (tertiary/aromatic N) is 2. The molecule has 0 saturated heterocycles. The lowest BCUT2D eigenvalue weighted by molar-refractivity contribution is 0.630. The molecule has 3 aromatic carbocycles. The number of benzene rings is 3. The molecule has 0 radical (unpaired) electrons. The molecule has 4 rings (SSSR count). The van der Waals surface area contributed by atoms with Crippen LogP contribution in [-0.2, 0) is 0 Å². The second-order valence-electron chi connectivity index (χ2n) is 5.09. The number of aromatic nitrogens is 2. The molecule has 0 amide bonds. The lowest BCUT2D eigenvalue weighted by atomic mass is 10.1. The van der Waals surface area contributed by atoms with Gasteiger partial charge in [0.05, 0.1) is 11.2 Å². The average Bonchev–Trinajstić information content (AvgIpc) is 2.96. The minimum Gasteiger partial charge on any atom is -0.232 e. The number of hydrogen-bond acceptors (Lipinski definition) is 1. The van der Waals surface area contributed by atoms with Gasteiger partial charge in [0.15, 0.2) is 0 Å². The Labute approximate surface area is 127 Å². The topological polar surface area (TPSA) is 17.8 Å². The average molecular weight is 288 g/mol. The molecule has 0 bridgehead atoms. The van der Waals surface area contributed by atoms with Crippen molar-refractivity contribution in [1.82, 2.24) is 9.78 Å². The Bertz CT molecular complexity index is 942. The molecule has 0 aliphatic rings. The summed E-state index contributed by atoms with van der Waals surface area (Å²) in [4.78, 5) is 0. The number of para-hydroxylation sites is 2. The lowest BCUT2D eigenvalue weighted by Crippen LogP contribution is -1.96. The summed E-state index contributed by atoms with van der Waals surface area (Å²) >= 11 is 0. The molecule has 4 aromatic rings. The van der Waals surface area contributed by atoms with Crippen LogP contribution in [0.1, 0.15) is 0 Å². The molecular weight excluding hydrogens is 275 g/mol. The second-order valence-corrected chi connectivity index (χ2v) is 5.09. The molecule has 0 unspecified atom stereocenters. The summed E-state index contributed by atoms with van der Waals surface area (Å²) < 4.78 is 16.0. The summed E-state index contributed by atoms with van der Waals surface area (Å²) in [5, 5.41) is 5.61. The molecule has 106 valence electrons. The first kappa shape index (κ1) is 12.8. The number of rotatable bonds is 2. The quantitative estimate of drug-likeness (QED) is 0.516. The fourth-order valence-electron chi connectivity index (χ4n) is 2.68. The van der Waals surface area contributed by atoms with E-state index in [1.165, 1.54) is 6.07 Å². The SMILES string of the molecule is Fc1ccccc1-c1nn(-c2ccccc2)c2ccccc12. The van der Waals surface area contributed by atoms with Gasteiger partial charge in [-0.25, -0.2) is 9.07 Å². The van der Waals surface area contributed by atoms with Crippen LogP contribution in [0.2, 0.25) is 0 Å². The normalized spacial score (nSPS) is 11.0. The van der Waals surface area contributed by atoms with E-state index in [0.717, 1.165) is 16.6 Å². The van der Waals surface area contributed by atoms with Gasteiger partial charge in [0.25, 0.3) is 0 Å². The van der Waals surface area contributed by atoms with Crippen molar-refractivity contribution in [2.75, 3.05) is 0 Å². The molecule has 22 heavy (non-hydrogen) atoms. The van der Waals surface area contributed by atoms with Crippen molar-refractivity contribution in [3.63, 3.8) is 0 Å². The van der Waals surface area contributed by atoms with Crippen molar-refractivity contribution in [3.8, 4) is 16.9 Å². The van der Waals surface area contributed by atoms with E-state index in [4.69, 9.17) is 0 Å². The maximum absolute atomic E-state index is 14.2. The summed E-state index contributed by atoms with van der Waals surface area (Å²) in [5.74, 6) is -0.258. The van der Waals surface area contributed by atoms with Crippen molar-refractivity contribution < 1.29 is 4.39 Å². The van der Waals surface area contributed by atoms with E-state index in [1.54, 1.807) is 12.1 Å². The Morgan fingerprint density at radius 3 is 2.23 bits per heavy atom. The predicted octanol–water partition coefficient (Wildman–Crippen LogP) is 4.83. The highest BCUT2D eigenvalue weighted by molar-refractivity contribution is 5.94. The van der Waals surface area contributed by atoms with Gasteiger partial charge in [-0.1, -0.05) is 48.5 Å². The fourth-order valence-corrected chi connectivity index (χ4v) is 2.68. The van der Waals surface area contributed by atoms with Crippen molar-refractivity contribution >= 4 is 10.9 Å². The van der Waals surface area contributed by atoms with Gasteiger partial charge >= 0.3 is 0 Å². The van der Waals surface area contributed by atoms with E-state index in [9.17, 15) is 4.39 Å². The summed E-state index contributed by atoms with van der Waals surface area (Å²) in [5.41, 5.74) is 3.11. The smallest absolute Gasteiger partial charge is 0.132 e. The van der Waals surface area contributed by atoms with E-state index in [1.807, 2.05) is 65.3 Å². The van der Waals surface area contributed by atoms with Crippen LogP contribution in [0.4, 0.5) is 4.39 Å². The van der Waals surface area contributed by atoms with E-state index < -0.39 is 0 Å². The molecule has 0 aliphatic carbocycles. The molecule has 0 saturated carbocycles. The monoisotopic (exact) mass is 288 g/mol. The van der Waals surface area contributed by atoms with Crippen LogP contribution in [-0.4, -0.2) is 9.78 Å². The summed E-state index contributed by atoms with van der Waals surface area (Å²) in [7, 11) is 0. The first-order valence-electron chi connectivity index (χ1n) is 7.13. The minimum atomic E-state index is -0.258. The molecule has 0 N–H and O–H groups in total. The Kier molecular flexibility index (Phi) is 2.97. The van der Waals surface area contributed by atoms with E-state index in [0.29, 0.717) is 11.3 Å². The fraction of sp³-hybridized carbons (Fsp3) is 0. The van der Waals surface area contributed by atoms with Crippen LogP contribution in [0.5, 0.6) is 0 Å². The van der Waals surface area contributed by atoms with Gasteiger partial charge in [0, 0.05) is 10.9 Å². The van der Waals surface area contributed by atoms with Crippen molar-refractivity contribution in [2.45, 2.75) is 0 Å². The third kappa shape index (κ3) is 1.99. The van der Waals surface area contributed by atoms with Gasteiger partial charge < -0.3 is 0 Å². The number of hydrogen-bond donors (Lipinski definition) is 0. The first-order chi connectivity index (χ1) is 10.8. The van der Waals surface area contributed by atoms with Gasteiger partial charge in [-0.05, 0) is 30.3 Å². The van der Waals surface area contributed by atoms with Gasteiger partial charge in [-0.15, -0.1) is 0 Å². The molecule has 2 nitrogen and oxygen atoms in total. The van der Waals surface area contributed by atoms with Crippen LogP contribution in [0, 0.1) is 5.82 Å². The highest BCUT2D eigenvalue weighted by Gasteiger charge is 2.15. The lowest BCUT2D eigenvalue weighted by Gasteiger charge is -2.02. The van der Waals surface area contributed by atoms with Crippen LogP contribution in [0.3, 0.4) is 0 Å². The Morgan fingerprint density at radius 1 is 0.727 bits per heavy atom. The third-order valence-electron chi connectivity index (χ3n) is 3.72. The van der Waals surface area contributed by atoms with Crippen LogP contribution >= 0.6 is 0 Å². The second kappa shape index (κ2) is 5.11. The van der Waals surface area contributed by atoms with E-state index in [2.05, 4.69) is 5.10 Å². The molecule has 0 atom stereocenters. The Morgan fingerprint density at radius 2 is 1.41 bits per heavy atom. The molecule has 3 heteroatoms. The van der Waals surface area contributed by atoms with Crippen molar-refractivity contribution in [1.29, 1.82) is 0 Å². The Balaban J connectivity index is 2.04. The first-order valence-corrected chi connectivity index (χ1v) is 7.13. The highest BCUT2D eigenvalue weighted by Crippen LogP contribution is 2.31. The zero-order chi connectivity index (χ0) is 14.9. The largest absolute Gasteiger partial charge is 0.232 e.